The Kier molecular flexibility index (Phi) is 8.12. The van der Waals surface area contributed by atoms with E-state index in [-0.39, 0.29) is 40.8 Å². The summed E-state index contributed by atoms with van der Waals surface area (Å²) in [6.45, 7) is 5.80. The van der Waals surface area contributed by atoms with Crippen LogP contribution in [0, 0.1) is 0 Å². The first-order chi connectivity index (χ1) is 15.6. The first-order valence-electron chi connectivity index (χ1n) is 10.5. The van der Waals surface area contributed by atoms with Crippen LogP contribution in [-0.2, 0) is 19.5 Å². The molecule has 0 aromatic heterocycles. The zero-order valence-corrected chi connectivity index (χ0v) is 20.2. The standard InChI is InChI=1S/C23H26ClNO7S/c1-4-30-19-8-5-17(6-9-19)21(26)14-31-23(27)18-7-10-20(24)22(11-18)33(28,29)25-12-15(2)32-16(3)13-25/h5-11,15-16H,4,12-14H2,1-3H3. The number of Topliss-reactive ketones (excluding diaryl/α,β-unsaturated/α-hetero) is 1. The molecule has 2 atom stereocenters. The molecule has 0 amide bonds. The maximum atomic E-state index is 13.2. The second-order valence-corrected chi connectivity index (χ2v) is 9.99. The lowest BCUT2D eigenvalue weighted by atomic mass is 10.1. The second-order valence-electron chi connectivity index (χ2n) is 7.68. The number of halogens is 1. The summed E-state index contributed by atoms with van der Waals surface area (Å²) in [5, 5.41) is -0.0104. The number of esters is 1. The molecule has 0 radical (unpaired) electrons. The van der Waals surface area contributed by atoms with E-state index in [4.69, 9.17) is 25.8 Å². The van der Waals surface area contributed by atoms with E-state index in [2.05, 4.69) is 0 Å². The van der Waals surface area contributed by atoms with Crippen LogP contribution < -0.4 is 4.74 Å². The smallest absolute Gasteiger partial charge is 0.338 e. The summed E-state index contributed by atoms with van der Waals surface area (Å²) < 4.78 is 43.7. The molecule has 0 aliphatic carbocycles. The van der Waals surface area contributed by atoms with Crippen molar-refractivity contribution < 1.29 is 32.2 Å². The molecule has 178 valence electrons. The Balaban J connectivity index is 1.71. The number of sulfonamides is 1. The molecule has 1 aliphatic rings. The number of hydrogen-bond donors (Lipinski definition) is 0. The third-order valence-corrected chi connectivity index (χ3v) is 7.31. The van der Waals surface area contributed by atoms with Gasteiger partial charge in [0.05, 0.1) is 29.4 Å². The zero-order valence-electron chi connectivity index (χ0n) is 18.6. The number of ketones is 1. The van der Waals surface area contributed by atoms with E-state index in [0.29, 0.717) is 17.9 Å². The highest BCUT2D eigenvalue weighted by Gasteiger charge is 2.34. The third kappa shape index (κ3) is 6.11. The fourth-order valence-corrected chi connectivity index (χ4v) is 5.59. The average Bonchev–Trinajstić information content (AvgIpc) is 2.77. The summed E-state index contributed by atoms with van der Waals surface area (Å²) in [5.74, 6) is -0.597. The number of nitrogens with zero attached hydrogens (tertiary/aromatic N) is 1. The van der Waals surface area contributed by atoms with Gasteiger partial charge in [-0.3, -0.25) is 4.79 Å². The van der Waals surface area contributed by atoms with Gasteiger partial charge in [-0.15, -0.1) is 0 Å². The van der Waals surface area contributed by atoms with Gasteiger partial charge in [0.2, 0.25) is 10.0 Å². The van der Waals surface area contributed by atoms with Gasteiger partial charge in [0, 0.05) is 18.7 Å². The van der Waals surface area contributed by atoms with Gasteiger partial charge >= 0.3 is 5.97 Å². The van der Waals surface area contributed by atoms with Crippen molar-refractivity contribution in [2.24, 2.45) is 0 Å². The number of hydrogen-bond acceptors (Lipinski definition) is 7. The zero-order chi connectivity index (χ0) is 24.2. The summed E-state index contributed by atoms with van der Waals surface area (Å²) in [6.07, 6.45) is -0.548. The maximum Gasteiger partial charge on any atom is 0.338 e. The number of carbonyl (C=O) groups is 2. The van der Waals surface area contributed by atoms with Crippen LogP contribution in [0.25, 0.3) is 0 Å². The van der Waals surface area contributed by atoms with Crippen LogP contribution in [0.4, 0.5) is 0 Å². The molecular weight excluding hydrogens is 470 g/mol. The molecule has 33 heavy (non-hydrogen) atoms. The molecule has 2 unspecified atom stereocenters. The molecule has 2 aromatic rings. The van der Waals surface area contributed by atoms with Gasteiger partial charge in [0.25, 0.3) is 0 Å². The fourth-order valence-electron chi connectivity index (χ4n) is 3.50. The van der Waals surface area contributed by atoms with Gasteiger partial charge in [0.15, 0.2) is 12.4 Å². The van der Waals surface area contributed by atoms with Gasteiger partial charge < -0.3 is 14.2 Å². The lowest BCUT2D eigenvalue weighted by Crippen LogP contribution is -2.48. The molecule has 1 aliphatic heterocycles. The van der Waals surface area contributed by atoms with E-state index in [1.165, 1.54) is 22.5 Å². The Bertz CT molecular complexity index is 1110. The van der Waals surface area contributed by atoms with Crippen molar-refractivity contribution in [2.45, 2.75) is 37.9 Å². The van der Waals surface area contributed by atoms with Crippen LogP contribution >= 0.6 is 11.6 Å². The minimum atomic E-state index is -3.96. The first-order valence-corrected chi connectivity index (χ1v) is 12.3. The van der Waals surface area contributed by atoms with E-state index in [1.807, 2.05) is 6.92 Å². The molecule has 1 fully saturated rings. The van der Waals surface area contributed by atoms with E-state index in [1.54, 1.807) is 38.1 Å². The molecular formula is C23H26ClNO7S. The SMILES string of the molecule is CCOc1ccc(C(=O)COC(=O)c2ccc(Cl)c(S(=O)(=O)N3CC(C)OC(C)C3)c2)cc1. The van der Waals surface area contributed by atoms with Crippen molar-refractivity contribution in [2.75, 3.05) is 26.3 Å². The number of morpholine rings is 1. The highest BCUT2D eigenvalue weighted by molar-refractivity contribution is 7.89. The highest BCUT2D eigenvalue weighted by atomic mass is 35.5. The minimum Gasteiger partial charge on any atom is -0.494 e. The van der Waals surface area contributed by atoms with Gasteiger partial charge in [-0.25, -0.2) is 13.2 Å². The van der Waals surface area contributed by atoms with Crippen molar-refractivity contribution >= 4 is 33.4 Å². The molecule has 8 nitrogen and oxygen atoms in total. The molecule has 1 saturated heterocycles. The van der Waals surface area contributed by atoms with Crippen molar-refractivity contribution in [1.29, 1.82) is 0 Å². The second kappa shape index (κ2) is 10.6. The Labute approximate surface area is 198 Å². The summed E-state index contributed by atoms with van der Waals surface area (Å²) >= 11 is 6.17. The molecule has 2 aromatic carbocycles. The van der Waals surface area contributed by atoms with Crippen molar-refractivity contribution in [3.63, 3.8) is 0 Å². The third-order valence-electron chi connectivity index (χ3n) is 4.99. The largest absolute Gasteiger partial charge is 0.494 e. The maximum absolute atomic E-state index is 13.2. The van der Waals surface area contributed by atoms with Crippen LogP contribution in [0.1, 0.15) is 41.5 Å². The number of carbonyl (C=O) groups excluding carboxylic acids is 2. The number of ether oxygens (including phenoxy) is 3. The van der Waals surface area contributed by atoms with Crippen LogP contribution in [0.3, 0.4) is 0 Å². The predicted octanol–water partition coefficient (Wildman–Crippen LogP) is 3.58. The topological polar surface area (TPSA) is 99.2 Å². The molecule has 1 heterocycles. The van der Waals surface area contributed by atoms with Crippen LogP contribution in [-0.4, -0.2) is 63.0 Å². The van der Waals surface area contributed by atoms with Gasteiger partial charge in [-0.2, -0.15) is 4.31 Å². The molecule has 0 bridgehead atoms. The van der Waals surface area contributed by atoms with Crippen molar-refractivity contribution in [3.8, 4) is 5.75 Å². The van der Waals surface area contributed by atoms with E-state index in [9.17, 15) is 18.0 Å². The normalized spacial score (nSPS) is 19.2. The monoisotopic (exact) mass is 495 g/mol. The first kappa shape index (κ1) is 25.2. The molecule has 0 N–H and O–H groups in total. The molecule has 0 saturated carbocycles. The Morgan fingerprint density at radius 2 is 1.67 bits per heavy atom. The lowest BCUT2D eigenvalue weighted by Gasteiger charge is -2.34. The summed E-state index contributed by atoms with van der Waals surface area (Å²) in [5.41, 5.74) is 0.341. The Morgan fingerprint density at radius 3 is 2.27 bits per heavy atom. The van der Waals surface area contributed by atoms with Gasteiger partial charge in [-0.1, -0.05) is 11.6 Å². The molecule has 10 heteroatoms. The molecule has 3 rings (SSSR count). The minimum absolute atomic E-state index is 0.0104. The summed E-state index contributed by atoms with van der Waals surface area (Å²) in [4.78, 5) is 24.7. The van der Waals surface area contributed by atoms with E-state index < -0.39 is 28.4 Å². The number of benzene rings is 2. The Morgan fingerprint density at radius 1 is 1.06 bits per heavy atom. The van der Waals surface area contributed by atoms with Gasteiger partial charge in [-0.05, 0) is 63.2 Å². The van der Waals surface area contributed by atoms with E-state index >= 15 is 0 Å². The molecule has 0 spiro atoms. The summed E-state index contributed by atoms with van der Waals surface area (Å²) in [7, 11) is -3.96. The Hall–Kier alpha value is -2.46. The lowest BCUT2D eigenvalue weighted by molar-refractivity contribution is -0.0440. The van der Waals surface area contributed by atoms with E-state index in [0.717, 1.165) is 0 Å². The van der Waals surface area contributed by atoms with Crippen LogP contribution in [0.5, 0.6) is 5.75 Å². The van der Waals surface area contributed by atoms with Gasteiger partial charge in [0.1, 0.15) is 10.6 Å². The van der Waals surface area contributed by atoms with Crippen molar-refractivity contribution in [1.82, 2.24) is 4.31 Å². The summed E-state index contributed by atoms with van der Waals surface area (Å²) in [6, 6.07) is 10.3. The van der Waals surface area contributed by atoms with Crippen LogP contribution in [0.15, 0.2) is 47.4 Å². The predicted molar refractivity (Wildman–Crippen MR) is 122 cm³/mol. The highest BCUT2D eigenvalue weighted by Crippen LogP contribution is 2.28. The fraction of sp³-hybridized carbons (Fsp3) is 0.391. The number of rotatable bonds is 8. The average molecular weight is 496 g/mol. The van der Waals surface area contributed by atoms with Crippen LogP contribution in [0.2, 0.25) is 5.02 Å². The van der Waals surface area contributed by atoms with Crippen molar-refractivity contribution in [3.05, 3.63) is 58.6 Å². The quantitative estimate of drug-likeness (QED) is 0.407.